The summed E-state index contributed by atoms with van der Waals surface area (Å²) in [4.78, 5) is 13.1. The van der Waals surface area contributed by atoms with Gasteiger partial charge in [0.1, 0.15) is 5.82 Å². The lowest BCUT2D eigenvalue weighted by Gasteiger charge is -2.34. The van der Waals surface area contributed by atoms with E-state index in [-0.39, 0.29) is 5.82 Å². The Hall–Kier alpha value is -9.37. The number of nitrogens with zero attached hydrogens (tertiary/aromatic N) is 4. The smallest absolute Gasteiger partial charge is 0.187 e. The van der Waals surface area contributed by atoms with Crippen molar-refractivity contribution in [3.05, 3.63) is 278 Å². The minimum atomic E-state index is -0.349. The molecule has 1 aromatic heterocycles. The molecule has 69 heavy (non-hydrogen) atoms. The van der Waals surface area contributed by atoms with Crippen LogP contribution in [0.25, 0.3) is 71.4 Å². The topological polar surface area (TPSA) is 23.7 Å². The number of hydrogen-bond donors (Lipinski definition) is 0. The summed E-state index contributed by atoms with van der Waals surface area (Å²) in [5, 5.41) is 2.13. The van der Waals surface area contributed by atoms with E-state index in [9.17, 15) is 0 Å². The molecule has 0 bridgehead atoms. The highest BCUT2D eigenvalue weighted by molar-refractivity contribution is 6.05. The molecule has 1 heterocycles. The van der Waals surface area contributed by atoms with Gasteiger partial charge in [-0.15, -0.1) is 0 Å². The van der Waals surface area contributed by atoms with Gasteiger partial charge in [-0.3, -0.25) is 4.98 Å². The van der Waals surface area contributed by atoms with Crippen LogP contribution in [0.5, 0.6) is 0 Å². The lowest BCUT2D eigenvalue weighted by molar-refractivity contribution is 0.628. The first-order valence-corrected chi connectivity index (χ1v) is 22.9. The first kappa shape index (κ1) is 42.3. The molecule has 0 N–H and O–H groups in total. The van der Waals surface area contributed by atoms with Gasteiger partial charge < -0.3 is 9.80 Å². The lowest BCUT2D eigenvalue weighted by atomic mass is 9.89. The summed E-state index contributed by atoms with van der Waals surface area (Å²) in [6.07, 6.45) is 1.81. The fourth-order valence-electron chi connectivity index (χ4n) is 9.25. The molecule has 5 heteroatoms. The Morgan fingerprint density at radius 3 is 1.51 bits per heavy atom. The Bertz CT molecular complexity index is 3610. The number of aromatic nitrogens is 1. The predicted molar refractivity (Wildman–Crippen MR) is 285 cm³/mol. The van der Waals surface area contributed by atoms with Gasteiger partial charge in [0, 0.05) is 40.1 Å². The highest BCUT2D eigenvalue weighted by Crippen LogP contribution is 2.53. The van der Waals surface area contributed by atoms with E-state index in [1.807, 2.05) is 72.9 Å². The van der Waals surface area contributed by atoms with Crippen LogP contribution in [0.1, 0.15) is 0 Å². The SMILES string of the molecule is [C-]#[N+]c1ccc(N(c2ccc(-c3ccccc3)cc2)c2cc(-c3ccccn3)cc(N(c3cccc(F)c3)c3ccc4cc(-c5ccccc5)ccc4c3)c2-c2ccccc2-c2ccccc2)cc1. The zero-order valence-corrected chi connectivity index (χ0v) is 37.5. The highest BCUT2D eigenvalue weighted by Gasteiger charge is 2.28. The lowest BCUT2D eigenvalue weighted by Crippen LogP contribution is -2.16. The summed E-state index contributed by atoms with van der Waals surface area (Å²) < 4.78 is 15.9. The number of benzene rings is 10. The normalized spacial score (nSPS) is 11.0. The number of pyridine rings is 1. The summed E-state index contributed by atoms with van der Waals surface area (Å²) in [6.45, 7) is 7.86. The van der Waals surface area contributed by atoms with Crippen molar-refractivity contribution in [1.82, 2.24) is 4.98 Å². The Kier molecular flexibility index (Phi) is 11.6. The van der Waals surface area contributed by atoms with Gasteiger partial charge >= 0.3 is 0 Å². The third-order valence-electron chi connectivity index (χ3n) is 12.5. The molecule has 0 fully saturated rings. The fraction of sp³-hybridized carbons (Fsp3) is 0. The summed E-state index contributed by atoms with van der Waals surface area (Å²) in [6, 6.07) is 86.3. The van der Waals surface area contributed by atoms with E-state index in [0.717, 1.165) is 95.0 Å². The summed E-state index contributed by atoms with van der Waals surface area (Å²) in [5.74, 6) is -0.349. The zero-order valence-electron chi connectivity index (χ0n) is 37.5. The average Bonchev–Trinajstić information content (AvgIpc) is 3.42. The third-order valence-corrected chi connectivity index (χ3v) is 12.5. The average molecular weight is 887 g/mol. The van der Waals surface area contributed by atoms with Crippen molar-refractivity contribution in [2.24, 2.45) is 0 Å². The fourth-order valence-corrected chi connectivity index (χ4v) is 9.25. The maximum Gasteiger partial charge on any atom is 0.187 e. The van der Waals surface area contributed by atoms with E-state index in [2.05, 4.69) is 185 Å². The number of halogens is 1. The van der Waals surface area contributed by atoms with Crippen LogP contribution in [0.3, 0.4) is 0 Å². The molecule has 0 aliphatic heterocycles. The molecule has 0 unspecified atom stereocenters. The second-order valence-corrected chi connectivity index (χ2v) is 16.8. The van der Waals surface area contributed by atoms with Crippen molar-refractivity contribution in [2.45, 2.75) is 0 Å². The second kappa shape index (κ2) is 18.9. The molecule has 0 aliphatic rings. The standard InChI is InChI=1S/C64H43FN4/c1-66-54-32-37-56(38-33-54)68(55-34-29-47(30-35-55)45-16-5-2-6-17-45)62-42-52(61-26-13-14-39-67-61)43-63(64(62)60-25-12-11-24-59(60)48-20-9-4-10-21-48)69(57-23-15-22-53(65)44-57)58-36-31-50-40-49(27-28-51(50)41-58)46-18-7-3-8-19-46/h2-44H. The first-order valence-electron chi connectivity index (χ1n) is 22.9. The van der Waals surface area contributed by atoms with Crippen LogP contribution in [0.4, 0.5) is 44.2 Å². The van der Waals surface area contributed by atoms with Crippen LogP contribution in [-0.2, 0) is 0 Å². The minimum Gasteiger partial charge on any atom is -0.310 e. The minimum absolute atomic E-state index is 0.349. The van der Waals surface area contributed by atoms with Gasteiger partial charge in [-0.2, -0.15) is 0 Å². The summed E-state index contributed by atoms with van der Waals surface area (Å²) in [7, 11) is 0. The van der Waals surface area contributed by atoms with Crippen LogP contribution >= 0.6 is 0 Å². The molecule has 0 amide bonds. The van der Waals surface area contributed by atoms with Crippen molar-refractivity contribution in [1.29, 1.82) is 0 Å². The molecule has 10 aromatic carbocycles. The molecule has 4 nitrogen and oxygen atoms in total. The van der Waals surface area contributed by atoms with Crippen molar-refractivity contribution in [2.75, 3.05) is 9.80 Å². The van der Waals surface area contributed by atoms with Gasteiger partial charge in [0.15, 0.2) is 5.69 Å². The molecule has 0 saturated heterocycles. The Balaban J connectivity index is 1.24. The van der Waals surface area contributed by atoms with Gasteiger partial charge in [0.2, 0.25) is 0 Å². The van der Waals surface area contributed by atoms with E-state index < -0.39 is 0 Å². The number of hydrogen-bond acceptors (Lipinski definition) is 3. The van der Waals surface area contributed by atoms with Crippen LogP contribution < -0.4 is 9.80 Å². The van der Waals surface area contributed by atoms with Crippen molar-refractivity contribution >= 4 is 50.6 Å². The maximum atomic E-state index is 15.9. The van der Waals surface area contributed by atoms with Gasteiger partial charge in [0.05, 0.1) is 23.6 Å². The quantitative estimate of drug-likeness (QED) is 0.121. The summed E-state index contributed by atoms with van der Waals surface area (Å²) >= 11 is 0. The van der Waals surface area contributed by atoms with Crippen LogP contribution in [0.15, 0.2) is 261 Å². The van der Waals surface area contributed by atoms with Crippen molar-refractivity contribution in [3.8, 4) is 55.8 Å². The molecule has 0 radical (unpaired) electrons. The molecule has 11 rings (SSSR count). The molecule has 0 aliphatic carbocycles. The number of fused-ring (bicyclic) bond motifs is 1. The Morgan fingerprint density at radius 1 is 0.362 bits per heavy atom. The van der Waals surface area contributed by atoms with Gasteiger partial charge in [-0.25, -0.2) is 9.24 Å². The molecule has 0 atom stereocenters. The van der Waals surface area contributed by atoms with Crippen LogP contribution in [-0.4, -0.2) is 4.98 Å². The monoisotopic (exact) mass is 886 g/mol. The van der Waals surface area contributed by atoms with E-state index in [0.29, 0.717) is 11.4 Å². The first-order chi connectivity index (χ1) is 34.1. The number of rotatable bonds is 11. The molecule has 326 valence electrons. The maximum absolute atomic E-state index is 15.9. The van der Waals surface area contributed by atoms with Crippen molar-refractivity contribution in [3.63, 3.8) is 0 Å². The summed E-state index contributed by atoms with van der Waals surface area (Å²) in [5.41, 5.74) is 15.5. The van der Waals surface area contributed by atoms with Gasteiger partial charge in [-0.1, -0.05) is 170 Å². The van der Waals surface area contributed by atoms with Crippen molar-refractivity contribution < 1.29 is 4.39 Å². The molecular formula is C64H43FN4. The predicted octanol–water partition coefficient (Wildman–Crippen LogP) is 18.2. The van der Waals surface area contributed by atoms with E-state index in [1.165, 1.54) is 6.07 Å². The van der Waals surface area contributed by atoms with Crippen LogP contribution in [0, 0.1) is 12.4 Å². The van der Waals surface area contributed by atoms with E-state index in [1.54, 1.807) is 12.1 Å². The number of anilines is 6. The highest BCUT2D eigenvalue weighted by atomic mass is 19.1. The van der Waals surface area contributed by atoms with Crippen LogP contribution in [0.2, 0.25) is 0 Å². The molecular weight excluding hydrogens is 844 g/mol. The van der Waals surface area contributed by atoms with E-state index >= 15 is 4.39 Å². The third kappa shape index (κ3) is 8.63. The molecule has 11 aromatic rings. The molecule has 0 spiro atoms. The Morgan fingerprint density at radius 2 is 0.870 bits per heavy atom. The second-order valence-electron chi connectivity index (χ2n) is 16.8. The van der Waals surface area contributed by atoms with Gasteiger partial charge in [-0.05, 0) is 135 Å². The largest absolute Gasteiger partial charge is 0.310 e. The van der Waals surface area contributed by atoms with Gasteiger partial charge in [0.25, 0.3) is 0 Å². The van der Waals surface area contributed by atoms with E-state index in [4.69, 9.17) is 11.6 Å². The Labute approximate surface area is 401 Å². The molecule has 0 saturated carbocycles. The zero-order chi connectivity index (χ0) is 46.5.